The molecule has 0 saturated heterocycles. The minimum absolute atomic E-state index is 0.0116. The first kappa shape index (κ1) is 22.7. The number of fused-ring (bicyclic) bond motifs is 1. The summed E-state index contributed by atoms with van der Waals surface area (Å²) in [6.45, 7) is 4.96. The molecule has 0 unspecified atom stereocenters. The molecule has 2 aromatic rings. The minimum Gasteiger partial charge on any atom is -0.492 e. The molecular formula is C23H26N2O5S. The van der Waals surface area contributed by atoms with Gasteiger partial charge in [0.05, 0.1) is 29.5 Å². The van der Waals surface area contributed by atoms with Crippen molar-refractivity contribution in [2.24, 2.45) is 0 Å². The summed E-state index contributed by atoms with van der Waals surface area (Å²) in [5.74, 6) is 1.08. The maximum Gasteiger partial charge on any atom is 0.265 e. The number of rotatable bonds is 10. The van der Waals surface area contributed by atoms with E-state index >= 15 is 0 Å². The SMILES string of the molecule is CCCN1C(=O)COc2ccc(C(=O)CSCC(=O)Nc3ccccc3OCC)cc21. The van der Waals surface area contributed by atoms with Crippen molar-refractivity contribution in [2.45, 2.75) is 20.3 Å². The fourth-order valence-corrected chi connectivity index (χ4v) is 3.91. The predicted molar refractivity (Wildman–Crippen MR) is 122 cm³/mol. The van der Waals surface area contributed by atoms with Gasteiger partial charge < -0.3 is 19.7 Å². The second kappa shape index (κ2) is 10.9. The van der Waals surface area contributed by atoms with Crippen LogP contribution in [0, 0.1) is 0 Å². The van der Waals surface area contributed by atoms with Gasteiger partial charge in [0.25, 0.3) is 5.91 Å². The summed E-state index contributed by atoms with van der Waals surface area (Å²) >= 11 is 1.24. The number of ether oxygens (including phenoxy) is 2. The zero-order valence-electron chi connectivity index (χ0n) is 17.7. The Morgan fingerprint density at radius 1 is 1.16 bits per heavy atom. The highest BCUT2D eigenvalue weighted by Gasteiger charge is 2.25. The van der Waals surface area contributed by atoms with Crippen molar-refractivity contribution in [2.75, 3.05) is 41.5 Å². The highest BCUT2D eigenvalue weighted by molar-refractivity contribution is 8.00. The quantitative estimate of drug-likeness (QED) is 0.564. The van der Waals surface area contributed by atoms with Crippen LogP contribution in [0.4, 0.5) is 11.4 Å². The maximum atomic E-state index is 12.6. The van der Waals surface area contributed by atoms with Crippen LogP contribution in [0.3, 0.4) is 0 Å². The Hall–Kier alpha value is -3.00. The molecule has 8 heteroatoms. The zero-order chi connectivity index (χ0) is 22.2. The van der Waals surface area contributed by atoms with E-state index in [0.29, 0.717) is 41.6 Å². The average molecular weight is 443 g/mol. The monoisotopic (exact) mass is 442 g/mol. The molecule has 2 amide bonds. The number of nitrogens with one attached hydrogen (secondary N) is 1. The van der Waals surface area contributed by atoms with Crippen LogP contribution in [0.5, 0.6) is 11.5 Å². The van der Waals surface area contributed by atoms with Crippen molar-refractivity contribution < 1.29 is 23.9 Å². The third-order valence-electron chi connectivity index (χ3n) is 4.60. The first-order chi connectivity index (χ1) is 15.0. The minimum atomic E-state index is -0.205. The normalized spacial score (nSPS) is 12.7. The van der Waals surface area contributed by atoms with Crippen LogP contribution in [0.25, 0.3) is 0 Å². The van der Waals surface area contributed by atoms with E-state index < -0.39 is 0 Å². The van der Waals surface area contributed by atoms with E-state index in [1.165, 1.54) is 11.8 Å². The molecule has 1 heterocycles. The summed E-state index contributed by atoms with van der Waals surface area (Å²) < 4.78 is 11.0. The van der Waals surface area contributed by atoms with Gasteiger partial charge in [0.1, 0.15) is 11.5 Å². The van der Waals surface area contributed by atoms with Gasteiger partial charge in [0.15, 0.2) is 12.4 Å². The maximum absolute atomic E-state index is 12.6. The number of amides is 2. The number of nitrogens with zero attached hydrogens (tertiary/aromatic N) is 1. The number of ketones is 1. The molecule has 0 atom stereocenters. The lowest BCUT2D eigenvalue weighted by atomic mass is 10.1. The van der Waals surface area contributed by atoms with Gasteiger partial charge in [-0.25, -0.2) is 0 Å². The summed E-state index contributed by atoms with van der Waals surface area (Å²) in [4.78, 5) is 38.7. The lowest BCUT2D eigenvalue weighted by Crippen LogP contribution is -2.39. The average Bonchev–Trinajstić information content (AvgIpc) is 2.77. The van der Waals surface area contributed by atoms with Crippen LogP contribution in [-0.4, -0.2) is 48.9 Å². The Kier molecular flexibility index (Phi) is 7.94. The standard InChI is InChI=1S/C23H26N2O5S/c1-3-11-25-18-12-16(9-10-21(18)30-13-23(25)28)19(26)14-31-15-22(27)24-17-7-5-6-8-20(17)29-4-2/h5-10,12H,3-4,11,13-15H2,1-2H3,(H,24,27). The number of carbonyl (C=O) groups is 3. The van der Waals surface area contributed by atoms with Gasteiger partial charge in [0.2, 0.25) is 5.91 Å². The molecule has 1 aliphatic rings. The molecule has 0 fully saturated rings. The summed E-state index contributed by atoms with van der Waals surface area (Å²) in [6, 6.07) is 12.3. The van der Waals surface area contributed by atoms with E-state index in [1.54, 1.807) is 35.2 Å². The Balaban J connectivity index is 1.57. The zero-order valence-corrected chi connectivity index (χ0v) is 18.5. The lowest BCUT2D eigenvalue weighted by molar-refractivity contribution is -0.121. The number of benzene rings is 2. The van der Waals surface area contributed by atoms with Crippen LogP contribution in [0.15, 0.2) is 42.5 Å². The second-order valence-electron chi connectivity index (χ2n) is 6.91. The van der Waals surface area contributed by atoms with Gasteiger partial charge in [-0.05, 0) is 43.7 Å². The number of hydrogen-bond donors (Lipinski definition) is 1. The van der Waals surface area contributed by atoms with Crippen molar-refractivity contribution in [1.82, 2.24) is 0 Å². The summed E-state index contributed by atoms with van der Waals surface area (Å²) in [5.41, 5.74) is 1.73. The molecule has 7 nitrogen and oxygen atoms in total. The molecule has 0 saturated carbocycles. The summed E-state index contributed by atoms with van der Waals surface area (Å²) in [6.07, 6.45) is 0.806. The van der Waals surface area contributed by atoms with Crippen molar-refractivity contribution in [3.8, 4) is 11.5 Å². The van der Waals surface area contributed by atoms with Crippen LogP contribution >= 0.6 is 11.8 Å². The molecule has 2 aromatic carbocycles. The molecule has 0 aromatic heterocycles. The summed E-state index contributed by atoms with van der Waals surface area (Å²) in [7, 11) is 0. The third kappa shape index (κ3) is 5.79. The Bertz CT molecular complexity index is 963. The van der Waals surface area contributed by atoms with Crippen LogP contribution in [0.1, 0.15) is 30.6 Å². The van der Waals surface area contributed by atoms with Gasteiger partial charge in [-0.3, -0.25) is 14.4 Å². The molecule has 0 spiro atoms. The highest BCUT2D eigenvalue weighted by Crippen LogP contribution is 2.33. The van der Waals surface area contributed by atoms with E-state index in [9.17, 15) is 14.4 Å². The Labute approximate surface area is 186 Å². The third-order valence-corrected chi connectivity index (χ3v) is 5.53. The van der Waals surface area contributed by atoms with E-state index in [-0.39, 0.29) is 35.7 Å². The molecule has 3 rings (SSSR count). The Morgan fingerprint density at radius 2 is 1.97 bits per heavy atom. The van der Waals surface area contributed by atoms with E-state index in [4.69, 9.17) is 9.47 Å². The molecule has 0 bridgehead atoms. The Morgan fingerprint density at radius 3 is 2.74 bits per heavy atom. The van der Waals surface area contributed by atoms with Crippen molar-refractivity contribution in [3.05, 3.63) is 48.0 Å². The van der Waals surface area contributed by atoms with Crippen molar-refractivity contribution in [1.29, 1.82) is 0 Å². The van der Waals surface area contributed by atoms with E-state index in [0.717, 1.165) is 6.42 Å². The van der Waals surface area contributed by atoms with Gasteiger partial charge in [-0.15, -0.1) is 11.8 Å². The number of para-hydroxylation sites is 2. The molecule has 1 N–H and O–H groups in total. The molecule has 164 valence electrons. The topological polar surface area (TPSA) is 84.9 Å². The molecule has 0 aliphatic carbocycles. The van der Waals surface area contributed by atoms with E-state index in [1.807, 2.05) is 26.0 Å². The summed E-state index contributed by atoms with van der Waals surface area (Å²) in [5, 5.41) is 2.82. The fraction of sp³-hybridized carbons (Fsp3) is 0.348. The van der Waals surface area contributed by atoms with Crippen molar-refractivity contribution in [3.63, 3.8) is 0 Å². The number of anilines is 2. The molecular weight excluding hydrogens is 416 g/mol. The van der Waals surface area contributed by atoms with Gasteiger partial charge in [-0.1, -0.05) is 19.1 Å². The number of hydrogen-bond acceptors (Lipinski definition) is 6. The first-order valence-corrected chi connectivity index (χ1v) is 11.4. The smallest absolute Gasteiger partial charge is 0.265 e. The second-order valence-corrected chi connectivity index (χ2v) is 7.90. The number of thioether (sulfide) groups is 1. The van der Waals surface area contributed by atoms with Gasteiger partial charge in [0, 0.05) is 12.1 Å². The number of Topliss-reactive ketones (excluding diaryl/α,β-unsaturated/α-hetero) is 1. The van der Waals surface area contributed by atoms with Gasteiger partial charge in [-0.2, -0.15) is 0 Å². The largest absolute Gasteiger partial charge is 0.492 e. The first-order valence-electron chi connectivity index (χ1n) is 10.2. The lowest BCUT2D eigenvalue weighted by Gasteiger charge is -2.29. The highest BCUT2D eigenvalue weighted by atomic mass is 32.2. The van der Waals surface area contributed by atoms with E-state index in [2.05, 4.69) is 5.32 Å². The number of carbonyl (C=O) groups excluding carboxylic acids is 3. The molecule has 0 radical (unpaired) electrons. The fourth-order valence-electron chi connectivity index (χ4n) is 3.20. The predicted octanol–water partition coefficient (Wildman–Crippen LogP) is 3.78. The van der Waals surface area contributed by atoms with Crippen LogP contribution in [-0.2, 0) is 9.59 Å². The van der Waals surface area contributed by atoms with Crippen molar-refractivity contribution >= 4 is 40.7 Å². The molecule has 1 aliphatic heterocycles. The van der Waals surface area contributed by atoms with Crippen LogP contribution in [0.2, 0.25) is 0 Å². The van der Waals surface area contributed by atoms with Gasteiger partial charge >= 0.3 is 0 Å². The van der Waals surface area contributed by atoms with Crippen LogP contribution < -0.4 is 19.7 Å². The molecule has 31 heavy (non-hydrogen) atoms.